The van der Waals surface area contributed by atoms with E-state index in [-0.39, 0.29) is 6.04 Å². The Balaban J connectivity index is 1.60. The number of hydrogen-bond donors (Lipinski definition) is 1. The fourth-order valence-corrected chi connectivity index (χ4v) is 3.67. The maximum absolute atomic E-state index is 5.92. The van der Waals surface area contributed by atoms with Crippen molar-refractivity contribution in [1.29, 1.82) is 0 Å². The van der Waals surface area contributed by atoms with Gasteiger partial charge in [0.2, 0.25) is 0 Å². The van der Waals surface area contributed by atoms with Crippen molar-refractivity contribution in [1.82, 2.24) is 19.9 Å². The predicted octanol–water partition coefficient (Wildman–Crippen LogP) is 2.47. The van der Waals surface area contributed by atoms with Gasteiger partial charge < -0.3 is 19.4 Å². The number of ether oxygens (including phenoxy) is 2. The number of aromatic nitrogens is 4. The number of hydrogen-bond acceptors (Lipinski definition) is 6. The predicted molar refractivity (Wildman–Crippen MR) is 88.4 cm³/mol. The molecule has 1 atom stereocenters. The minimum Gasteiger partial charge on any atom is -0.486 e. The first kappa shape index (κ1) is 13.6. The Morgan fingerprint density at radius 2 is 2.08 bits per heavy atom. The highest BCUT2D eigenvalue weighted by molar-refractivity contribution is 5.83. The zero-order chi connectivity index (χ0) is 15.9. The fourth-order valence-electron chi connectivity index (χ4n) is 3.67. The van der Waals surface area contributed by atoms with Gasteiger partial charge >= 0.3 is 0 Å². The minimum atomic E-state index is 0.211. The number of imidazole rings is 1. The van der Waals surface area contributed by atoms with Gasteiger partial charge in [0.05, 0.1) is 12.4 Å². The number of para-hydroxylation sites is 1. The maximum Gasteiger partial charge on any atom is 0.182 e. The van der Waals surface area contributed by atoms with Crippen LogP contribution in [-0.2, 0) is 0 Å². The van der Waals surface area contributed by atoms with Gasteiger partial charge in [0.25, 0.3) is 0 Å². The molecule has 7 heteroatoms. The van der Waals surface area contributed by atoms with Crippen LogP contribution in [0.15, 0.2) is 30.9 Å². The monoisotopic (exact) mass is 323 g/mol. The van der Waals surface area contributed by atoms with Gasteiger partial charge in [-0.05, 0) is 18.9 Å². The van der Waals surface area contributed by atoms with E-state index in [0.717, 1.165) is 47.8 Å². The second-order valence-electron chi connectivity index (χ2n) is 6.02. The third-order valence-corrected chi connectivity index (χ3v) is 4.68. The van der Waals surface area contributed by atoms with Crippen molar-refractivity contribution >= 4 is 17.0 Å². The van der Waals surface area contributed by atoms with E-state index in [1.807, 2.05) is 12.1 Å². The molecule has 2 aliphatic heterocycles. The molecule has 0 amide bonds. The summed E-state index contributed by atoms with van der Waals surface area (Å²) in [6, 6.07) is 6.34. The number of benzene rings is 1. The zero-order valence-electron chi connectivity index (χ0n) is 13.1. The summed E-state index contributed by atoms with van der Waals surface area (Å²) in [4.78, 5) is 18.5. The topological polar surface area (TPSA) is 76.2 Å². The Morgan fingerprint density at radius 1 is 1.12 bits per heavy atom. The lowest BCUT2D eigenvalue weighted by molar-refractivity contribution is 0.169. The number of aromatic amines is 1. The molecule has 1 N–H and O–H groups in total. The second-order valence-corrected chi connectivity index (χ2v) is 6.02. The number of rotatable bonds is 2. The Bertz CT molecular complexity index is 894. The van der Waals surface area contributed by atoms with Crippen LogP contribution in [-0.4, -0.2) is 39.7 Å². The highest BCUT2D eigenvalue weighted by Gasteiger charge is 2.32. The minimum absolute atomic E-state index is 0.211. The lowest BCUT2D eigenvalue weighted by atomic mass is 10.0. The number of nitrogens with one attached hydrogen (secondary N) is 1. The van der Waals surface area contributed by atoms with Gasteiger partial charge in [-0.1, -0.05) is 12.1 Å². The first-order valence-electron chi connectivity index (χ1n) is 8.21. The molecule has 0 bridgehead atoms. The van der Waals surface area contributed by atoms with Crippen LogP contribution >= 0.6 is 0 Å². The van der Waals surface area contributed by atoms with E-state index < -0.39 is 0 Å². The van der Waals surface area contributed by atoms with Crippen molar-refractivity contribution in [2.24, 2.45) is 0 Å². The molecule has 1 saturated heterocycles. The average molecular weight is 323 g/mol. The van der Waals surface area contributed by atoms with Crippen molar-refractivity contribution in [2.75, 3.05) is 24.7 Å². The van der Waals surface area contributed by atoms with E-state index in [9.17, 15) is 0 Å². The third-order valence-electron chi connectivity index (χ3n) is 4.68. The molecule has 0 spiro atoms. The van der Waals surface area contributed by atoms with E-state index in [2.05, 4.69) is 30.9 Å². The van der Waals surface area contributed by atoms with Gasteiger partial charge in [-0.15, -0.1) is 0 Å². The van der Waals surface area contributed by atoms with Crippen LogP contribution < -0.4 is 14.4 Å². The largest absolute Gasteiger partial charge is 0.486 e. The van der Waals surface area contributed by atoms with Crippen LogP contribution in [0.1, 0.15) is 24.4 Å². The van der Waals surface area contributed by atoms with Gasteiger partial charge in [0.1, 0.15) is 25.1 Å². The van der Waals surface area contributed by atoms with Crippen LogP contribution in [0.3, 0.4) is 0 Å². The van der Waals surface area contributed by atoms with Crippen molar-refractivity contribution in [3.05, 3.63) is 36.4 Å². The van der Waals surface area contributed by atoms with E-state index in [0.29, 0.717) is 18.9 Å². The SMILES string of the molecule is c1cc2c(c([C@H]3CCCN3c3ncnc4nc[nH]c34)c1)OCCO2. The zero-order valence-corrected chi connectivity index (χ0v) is 13.1. The molecule has 122 valence electrons. The molecule has 2 aliphatic rings. The summed E-state index contributed by atoms with van der Waals surface area (Å²) in [7, 11) is 0. The molecular formula is C17H17N5O2. The lowest BCUT2D eigenvalue weighted by Crippen LogP contribution is -2.25. The molecule has 0 unspecified atom stereocenters. The molecule has 24 heavy (non-hydrogen) atoms. The quantitative estimate of drug-likeness (QED) is 0.781. The third kappa shape index (κ3) is 2.01. The van der Waals surface area contributed by atoms with Crippen molar-refractivity contribution in [3.8, 4) is 11.5 Å². The van der Waals surface area contributed by atoms with Crippen molar-refractivity contribution in [2.45, 2.75) is 18.9 Å². The molecule has 7 nitrogen and oxygen atoms in total. The van der Waals surface area contributed by atoms with Crippen molar-refractivity contribution < 1.29 is 9.47 Å². The summed E-state index contributed by atoms with van der Waals surface area (Å²) in [6.45, 7) is 2.14. The first-order valence-corrected chi connectivity index (χ1v) is 8.21. The summed E-state index contributed by atoms with van der Waals surface area (Å²) in [5, 5.41) is 0. The van der Waals surface area contributed by atoms with E-state index >= 15 is 0 Å². The lowest BCUT2D eigenvalue weighted by Gasteiger charge is -2.29. The second kappa shape index (κ2) is 5.36. The first-order chi connectivity index (χ1) is 11.9. The summed E-state index contributed by atoms with van der Waals surface area (Å²) in [5.41, 5.74) is 2.74. The van der Waals surface area contributed by atoms with Gasteiger partial charge in [-0.2, -0.15) is 0 Å². The molecule has 2 aromatic heterocycles. The molecule has 0 aliphatic carbocycles. The standard InChI is InChI=1S/C17H17N5O2/c1-3-11(15-13(5-1)23-7-8-24-15)12-4-2-6-22(12)17-14-16(19-9-18-14)20-10-21-17/h1,3,5,9-10,12H,2,4,6-8H2,(H,18,19,20,21)/t12-/m1/s1. The number of nitrogens with zero attached hydrogens (tertiary/aromatic N) is 4. The number of fused-ring (bicyclic) bond motifs is 2. The molecule has 1 fully saturated rings. The summed E-state index contributed by atoms with van der Waals surface area (Å²) in [5.74, 6) is 2.60. The summed E-state index contributed by atoms with van der Waals surface area (Å²) >= 11 is 0. The summed E-state index contributed by atoms with van der Waals surface area (Å²) < 4.78 is 11.7. The van der Waals surface area contributed by atoms with Crippen molar-refractivity contribution in [3.63, 3.8) is 0 Å². The molecule has 0 saturated carbocycles. The highest BCUT2D eigenvalue weighted by atomic mass is 16.6. The van der Waals surface area contributed by atoms with Gasteiger partial charge in [-0.25, -0.2) is 15.0 Å². The Labute approximate surface area is 138 Å². The van der Waals surface area contributed by atoms with Crippen LogP contribution in [0.25, 0.3) is 11.2 Å². The van der Waals surface area contributed by atoms with Crippen LogP contribution in [0.2, 0.25) is 0 Å². The molecular weight excluding hydrogens is 306 g/mol. The average Bonchev–Trinajstić information content (AvgIpc) is 3.30. The molecule has 4 heterocycles. The van der Waals surface area contributed by atoms with Crippen LogP contribution in [0.5, 0.6) is 11.5 Å². The Kier molecular flexibility index (Phi) is 3.04. The normalized spacial score (nSPS) is 19.8. The molecule has 3 aromatic rings. The van der Waals surface area contributed by atoms with Crippen LogP contribution in [0.4, 0.5) is 5.82 Å². The maximum atomic E-state index is 5.92. The van der Waals surface area contributed by atoms with Gasteiger partial charge in [-0.3, -0.25) is 0 Å². The van der Waals surface area contributed by atoms with Crippen LogP contribution in [0, 0.1) is 0 Å². The van der Waals surface area contributed by atoms with Gasteiger partial charge in [0.15, 0.2) is 23.0 Å². The van der Waals surface area contributed by atoms with E-state index in [1.165, 1.54) is 0 Å². The molecule has 0 radical (unpaired) electrons. The molecule has 1 aromatic carbocycles. The van der Waals surface area contributed by atoms with Gasteiger partial charge in [0, 0.05) is 12.1 Å². The highest BCUT2D eigenvalue weighted by Crippen LogP contribution is 2.44. The van der Waals surface area contributed by atoms with E-state index in [4.69, 9.17) is 9.47 Å². The summed E-state index contributed by atoms with van der Waals surface area (Å²) in [6.07, 6.45) is 5.40. The Morgan fingerprint density at radius 3 is 3.08 bits per heavy atom. The fraction of sp³-hybridized carbons (Fsp3) is 0.353. The molecule has 5 rings (SSSR count). The number of H-pyrrole nitrogens is 1. The Hall–Kier alpha value is -2.83. The smallest absolute Gasteiger partial charge is 0.182 e. The number of anilines is 1. The van der Waals surface area contributed by atoms with E-state index in [1.54, 1.807) is 12.7 Å².